The van der Waals surface area contributed by atoms with Crippen LogP contribution in [0.3, 0.4) is 0 Å². The largest absolute Gasteiger partial charge is 0.326 e. The summed E-state index contributed by atoms with van der Waals surface area (Å²) >= 11 is 0. The Kier molecular flexibility index (Phi) is 6.25. The number of hydrogen-bond acceptors (Lipinski definition) is 3. The van der Waals surface area contributed by atoms with E-state index in [-0.39, 0.29) is 12.2 Å². The summed E-state index contributed by atoms with van der Waals surface area (Å²) in [5, 5.41) is 4.51. The summed E-state index contributed by atoms with van der Waals surface area (Å²) in [7, 11) is 1.80. The average molecular weight is 343 g/mol. The Bertz CT molecular complexity index is 777. The van der Waals surface area contributed by atoms with Crippen LogP contribution in [-0.4, -0.2) is 30.4 Å². The quantitative estimate of drug-likeness (QED) is 0.876. The van der Waals surface area contributed by atoms with Crippen LogP contribution in [0.25, 0.3) is 0 Å². The van der Waals surface area contributed by atoms with Gasteiger partial charge in [-0.2, -0.15) is 0 Å². The average Bonchev–Trinajstić information content (AvgIpc) is 2.52. The highest BCUT2D eigenvalue weighted by atomic mass is 19.1. The van der Waals surface area contributed by atoms with Gasteiger partial charge in [0, 0.05) is 6.54 Å². The van der Waals surface area contributed by atoms with Crippen molar-refractivity contribution in [2.24, 2.45) is 0 Å². The van der Waals surface area contributed by atoms with E-state index in [9.17, 15) is 14.0 Å². The van der Waals surface area contributed by atoms with Gasteiger partial charge in [0.05, 0.1) is 12.2 Å². The molecule has 25 heavy (non-hydrogen) atoms. The number of para-hydroxylation sites is 1. The van der Waals surface area contributed by atoms with Crippen molar-refractivity contribution >= 4 is 17.6 Å². The number of halogens is 1. The summed E-state index contributed by atoms with van der Waals surface area (Å²) < 4.78 is 13.5. The first kappa shape index (κ1) is 18.6. The second-order valence-electron chi connectivity index (χ2n) is 6.08. The van der Waals surface area contributed by atoms with E-state index in [1.54, 1.807) is 13.1 Å². The van der Waals surface area contributed by atoms with E-state index in [2.05, 4.69) is 16.7 Å². The lowest BCUT2D eigenvalue weighted by Gasteiger charge is -2.18. The van der Waals surface area contributed by atoms with Crippen LogP contribution in [0.1, 0.15) is 16.7 Å². The van der Waals surface area contributed by atoms with Crippen molar-refractivity contribution in [3.63, 3.8) is 0 Å². The van der Waals surface area contributed by atoms with Crippen LogP contribution in [-0.2, 0) is 11.3 Å². The molecule has 0 atom stereocenters. The fourth-order valence-electron chi connectivity index (χ4n) is 2.50. The van der Waals surface area contributed by atoms with Crippen LogP contribution in [0.15, 0.2) is 42.5 Å². The number of carbonyl (C=O) groups excluding carboxylic acids is 2. The number of likely N-dealkylation sites (N-methyl/N-ethyl adjacent to an activating group) is 1. The van der Waals surface area contributed by atoms with Crippen molar-refractivity contribution in [2.45, 2.75) is 20.4 Å². The van der Waals surface area contributed by atoms with Crippen LogP contribution in [0.4, 0.5) is 14.9 Å². The Morgan fingerprint density at radius 1 is 1.12 bits per heavy atom. The molecule has 2 aromatic rings. The monoisotopic (exact) mass is 343 g/mol. The van der Waals surface area contributed by atoms with Crippen molar-refractivity contribution in [1.29, 1.82) is 0 Å². The Labute approximate surface area is 146 Å². The maximum absolute atomic E-state index is 13.5. The Morgan fingerprint density at radius 3 is 2.52 bits per heavy atom. The summed E-state index contributed by atoms with van der Waals surface area (Å²) in [4.78, 5) is 25.5. The number of anilines is 1. The zero-order valence-corrected chi connectivity index (χ0v) is 14.6. The first-order valence-electron chi connectivity index (χ1n) is 7.95. The third kappa shape index (κ3) is 5.69. The summed E-state index contributed by atoms with van der Waals surface area (Å²) in [5.41, 5.74) is 3.49. The van der Waals surface area contributed by atoms with E-state index < -0.39 is 17.8 Å². The molecule has 0 spiro atoms. The number of hydrogen-bond donors (Lipinski definition) is 2. The lowest BCUT2D eigenvalue weighted by atomic mass is 10.1. The summed E-state index contributed by atoms with van der Waals surface area (Å²) in [6.45, 7) is 4.70. The minimum Gasteiger partial charge on any atom is -0.305 e. The van der Waals surface area contributed by atoms with Crippen molar-refractivity contribution in [1.82, 2.24) is 10.2 Å². The van der Waals surface area contributed by atoms with Gasteiger partial charge in [0.2, 0.25) is 5.91 Å². The molecule has 2 aromatic carbocycles. The van der Waals surface area contributed by atoms with E-state index in [4.69, 9.17) is 0 Å². The molecule has 0 fully saturated rings. The van der Waals surface area contributed by atoms with Crippen molar-refractivity contribution in [2.75, 3.05) is 18.9 Å². The number of amides is 3. The maximum Gasteiger partial charge on any atom is 0.326 e. The van der Waals surface area contributed by atoms with E-state index in [1.807, 2.05) is 30.9 Å². The molecule has 0 saturated heterocycles. The molecule has 132 valence electrons. The minimum atomic E-state index is -0.755. The Balaban J connectivity index is 1.84. The number of urea groups is 1. The zero-order chi connectivity index (χ0) is 18.4. The molecule has 0 aromatic heterocycles. The third-order valence-corrected chi connectivity index (χ3v) is 3.73. The number of nitrogens with zero attached hydrogens (tertiary/aromatic N) is 1. The molecule has 0 saturated carbocycles. The predicted molar refractivity (Wildman–Crippen MR) is 95.8 cm³/mol. The molecule has 0 radical (unpaired) electrons. The van der Waals surface area contributed by atoms with Gasteiger partial charge in [-0.1, -0.05) is 35.9 Å². The number of rotatable bonds is 5. The fourth-order valence-corrected chi connectivity index (χ4v) is 2.50. The van der Waals surface area contributed by atoms with Crippen LogP contribution in [0.5, 0.6) is 0 Å². The van der Waals surface area contributed by atoms with Gasteiger partial charge in [-0.3, -0.25) is 15.0 Å². The highest BCUT2D eigenvalue weighted by molar-refractivity contribution is 6.01. The van der Waals surface area contributed by atoms with Crippen molar-refractivity contribution in [3.8, 4) is 0 Å². The summed E-state index contributed by atoms with van der Waals surface area (Å²) in [6.07, 6.45) is 0. The first-order valence-corrected chi connectivity index (χ1v) is 7.95. The van der Waals surface area contributed by atoms with E-state index in [0.29, 0.717) is 6.54 Å². The molecule has 0 unspecified atom stereocenters. The predicted octanol–water partition coefficient (Wildman–Crippen LogP) is 3.22. The number of benzene rings is 2. The second kappa shape index (κ2) is 8.39. The van der Waals surface area contributed by atoms with Gasteiger partial charge in [-0.25, -0.2) is 9.18 Å². The van der Waals surface area contributed by atoms with Crippen LogP contribution >= 0.6 is 0 Å². The molecule has 2 N–H and O–H groups in total. The third-order valence-electron chi connectivity index (χ3n) is 3.73. The topological polar surface area (TPSA) is 61.4 Å². The van der Waals surface area contributed by atoms with Crippen molar-refractivity contribution in [3.05, 3.63) is 65.0 Å². The molecule has 0 bridgehead atoms. The fraction of sp³-hybridized carbons (Fsp3) is 0.263. The summed E-state index contributed by atoms with van der Waals surface area (Å²) in [6, 6.07) is 11.2. The van der Waals surface area contributed by atoms with Gasteiger partial charge in [0.25, 0.3) is 0 Å². The smallest absolute Gasteiger partial charge is 0.305 e. The Hall–Kier alpha value is -2.73. The molecule has 0 aliphatic carbocycles. The van der Waals surface area contributed by atoms with Gasteiger partial charge in [0.1, 0.15) is 5.82 Å². The standard InChI is InChI=1S/C19H22FN3O2/c1-13-8-9-15(14(2)10-13)11-23(3)12-18(24)22-19(25)21-17-7-5-4-6-16(17)20/h4-10H,11-12H2,1-3H3,(H2,21,22,24,25). The lowest BCUT2D eigenvalue weighted by Crippen LogP contribution is -2.40. The van der Waals surface area contributed by atoms with Gasteiger partial charge in [-0.15, -0.1) is 0 Å². The first-order chi connectivity index (χ1) is 11.8. The summed E-state index contributed by atoms with van der Waals surface area (Å²) in [5.74, 6) is -1.02. The number of aryl methyl sites for hydroxylation is 2. The SMILES string of the molecule is Cc1ccc(CN(C)CC(=O)NC(=O)Nc2ccccc2F)c(C)c1. The number of imide groups is 1. The molecule has 2 rings (SSSR count). The zero-order valence-electron chi connectivity index (χ0n) is 14.6. The maximum atomic E-state index is 13.5. The minimum absolute atomic E-state index is 0.0245. The molecular formula is C19H22FN3O2. The van der Waals surface area contributed by atoms with Gasteiger partial charge in [-0.05, 0) is 44.2 Å². The molecule has 3 amide bonds. The van der Waals surface area contributed by atoms with Crippen LogP contribution < -0.4 is 10.6 Å². The van der Waals surface area contributed by atoms with E-state index in [1.165, 1.54) is 23.8 Å². The van der Waals surface area contributed by atoms with Gasteiger partial charge < -0.3 is 5.32 Å². The molecular weight excluding hydrogens is 321 g/mol. The lowest BCUT2D eigenvalue weighted by molar-refractivity contribution is -0.120. The van der Waals surface area contributed by atoms with E-state index in [0.717, 1.165) is 11.1 Å². The highest BCUT2D eigenvalue weighted by Gasteiger charge is 2.13. The molecule has 0 aliphatic heterocycles. The molecule has 0 aliphatic rings. The van der Waals surface area contributed by atoms with E-state index >= 15 is 0 Å². The highest BCUT2D eigenvalue weighted by Crippen LogP contribution is 2.13. The number of carbonyl (C=O) groups is 2. The number of nitrogens with one attached hydrogen (secondary N) is 2. The molecule has 5 nitrogen and oxygen atoms in total. The van der Waals surface area contributed by atoms with Crippen LogP contribution in [0.2, 0.25) is 0 Å². The molecule has 6 heteroatoms. The second-order valence-corrected chi connectivity index (χ2v) is 6.08. The van der Waals surface area contributed by atoms with Crippen LogP contribution in [0, 0.1) is 19.7 Å². The van der Waals surface area contributed by atoms with Gasteiger partial charge >= 0.3 is 6.03 Å². The van der Waals surface area contributed by atoms with Crippen molar-refractivity contribution < 1.29 is 14.0 Å². The normalized spacial score (nSPS) is 10.6. The molecule has 0 heterocycles. The Morgan fingerprint density at radius 2 is 1.84 bits per heavy atom. The van der Waals surface area contributed by atoms with Gasteiger partial charge in [0.15, 0.2) is 0 Å².